The van der Waals surface area contributed by atoms with Gasteiger partial charge in [-0.05, 0) is 29.8 Å². The number of hydrogen-bond donors (Lipinski definition) is 1. The van der Waals surface area contributed by atoms with Crippen molar-refractivity contribution in [2.75, 3.05) is 12.4 Å². The number of anilines is 1. The quantitative estimate of drug-likeness (QED) is 0.480. The number of nitrogens with zero attached hydrogens (tertiary/aromatic N) is 1. The summed E-state index contributed by atoms with van der Waals surface area (Å²) in [7, 11) is 1.59. The highest BCUT2D eigenvalue weighted by molar-refractivity contribution is 5.58. The van der Waals surface area contributed by atoms with Crippen LogP contribution >= 0.6 is 0 Å². The number of carbonyl (C=O) groups excluding carboxylic acids is 1. The van der Waals surface area contributed by atoms with Gasteiger partial charge in [0.05, 0.1) is 18.1 Å². The van der Waals surface area contributed by atoms with E-state index < -0.39 is 4.92 Å². The molecular weight excluding hydrogens is 296 g/mol. The van der Waals surface area contributed by atoms with Crippen LogP contribution in [-0.4, -0.2) is 18.3 Å². The van der Waals surface area contributed by atoms with Crippen LogP contribution in [0.25, 0.3) is 0 Å². The minimum absolute atomic E-state index is 0.0238. The molecule has 6 heteroatoms. The van der Waals surface area contributed by atoms with Crippen molar-refractivity contribution in [1.29, 1.82) is 0 Å². The molecule has 0 spiro atoms. The van der Waals surface area contributed by atoms with Gasteiger partial charge < -0.3 is 14.8 Å². The summed E-state index contributed by atoms with van der Waals surface area (Å²) in [5, 5.41) is 14.0. The van der Waals surface area contributed by atoms with E-state index in [0.29, 0.717) is 0 Å². The van der Waals surface area contributed by atoms with E-state index in [-0.39, 0.29) is 17.6 Å². The van der Waals surface area contributed by atoms with Gasteiger partial charge in [0, 0.05) is 23.7 Å². The second kappa shape index (κ2) is 7.40. The largest absolute Gasteiger partial charge is 0.497 e. The van der Waals surface area contributed by atoms with Crippen LogP contribution in [0.15, 0.2) is 48.5 Å². The third kappa shape index (κ3) is 4.06. The van der Waals surface area contributed by atoms with E-state index in [1.165, 1.54) is 12.1 Å². The van der Waals surface area contributed by atoms with Crippen molar-refractivity contribution in [3.05, 3.63) is 64.2 Å². The van der Waals surface area contributed by atoms with E-state index in [1.54, 1.807) is 26.2 Å². The molecule has 0 radical (unpaired) electrons. The molecule has 2 aromatic carbocycles. The van der Waals surface area contributed by atoms with Crippen LogP contribution in [0.3, 0.4) is 0 Å². The standard InChI is InChI=1S/C17H18N2O4/c1-12(11-20)17(13-3-7-15(8-4-13)19(21)22)18-14-5-9-16(23-2)10-6-14/h3-12,17-18H,1-2H3/t12-,17+/m1/s1. The molecule has 2 rings (SSSR count). The normalized spacial score (nSPS) is 13.0. The third-order valence-electron chi connectivity index (χ3n) is 3.62. The van der Waals surface area contributed by atoms with Crippen LogP contribution in [0.1, 0.15) is 18.5 Å². The molecule has 1 N–H and O–H groups in total. The Hall–Kier alpha value is -2.89. The van der Waals surface area contributed by atoms with Crippen LogP contribution in [0.4, 0.5) is 11.4 Å². The fraction of sp³-hybridized carbons (Fsp3) is 0.235. The molecule has 0 aliphatic heterocycles. The van der Waals surface area contributed by atoms with Crippen molar-refractivity contribution in [1.82, 2.24) is 0 Å². The Morgan fingerprint density at radius 2 is 1.74 bits per heavy atom. The second-order valence-electron chi connectivity index (χ2n) is 5.19. The van der Waals surface area contributed by atoms with Crippen LogP contribution in [0.5, 0.6) is 5.75 Å². The Bertz CT molecular complexity index is 668. The molecule has 0 amide bonds. The van der Waals surface area contributed by atoms with Crippen molar-refractivity contribution < 1.29 is 14.5 Å². The summed E-state index contributed by atoms with van der Waals surface area (Å²) in [6.07, 6.45) is 0.864. The van der Waals surface area contributed by atoms with Crippen molar-refractivity contribution in [3.8, 4) is 5.75 Å². The number of ether oxygens (including phenoxy) is 1. The van der Waals surface area contributed by atoms with Gasteiger partial charge in [0.15, 0.2) is 0 Å². The molecule has 0 heterocycles. The Morgan fingerprint density at radius 1 is 1.13 bits per heavy atom. The lowest BCUT2D eigenvalue weighted by atomic mass is 9.95. The van der Waals surface area contributed by atoms with Gasteiger partial charge in [0.2, 0.25) is 0 Å². The number of nitro benzene ring substituents is 1. The summed E-state index contributed by atoms with van der Waals surface area (Å²) in [4.78, 5) is 21.5. The SMILES string of the molecule is COc1ccc(N[C@H](c2ccc([N+](=O)[O-])cc2)[C@H](C)C=O)cc1. The van der Waals surface area contributed by atoms with Gasteiger partial charge in [-0.15, -0.1) is 0 Å². The zero-order valence-electron chi connectivity index (χ0n) is 12.9. The molecule has 23 heavy (non-hydrogen) atoms. The lowest BCUT2D eigenvalue weighted by molar-refractivity contribution is -0.384. The summed E-state index contributed by atoms with van der Waals surface area (Å²) in [6.45, 7) is 1.80. The molecule has 6 nitrogen and oxygen atoms in total. The maximum absolute atomic E-state index is 11.2. The van der Waals surface area contributed by atoms with E-state index in [9.17, 15) is 14.9 Å². The first kappa shape index (κ1) is 16.5. The van der Waals surface area contributed by atoms with Gasteiger partial charge in [-0.1, -0.05) is 19.1 Å². The predicted molar refractivity (Wildman–Crippen MR) is 87.7 cm³/mol. The molecule has 2 aromatic rings. The number of nitrogens with one attached hydrogen (secondary N) is 1. The predicted octanol–water partition coefficient (Wildman–Crippen LogP) is 3.59. The number of methoxy groups -OCH3 is 1. The molecule has 120 valence electrons. The Labute approximate surface area is 134 Å². The molecule has 0 bridgehead atoms. The van der Waals surface area contributed by atoms with Gasteiger partial charge in [-0.3, -0.25) is 10.1 Å². The summed E-state index contributed by atoms with van der Waals surface area (Å²) in [5.41, 5.74) is 1.67. The van der Waals surface area contributed by atoms with Crippen LogP contribution in [0, 0.1) is 16.0 Å². The average Bonchev–Trinajstić information content (AvgIpc) is 2.59. The maximum Gasteiger partial charge on any atom is 0.269 e. The molecular formula is C17H18N2O4. The summed E-state index contributed by atoms with van der Waals surface area (Å²) < 4.78 is 5.12. The number of benzene rings is 2. The Kier molecular flexibility index (Phi) is 5.30. The van der Waals surface area contributed by atoms with Crippen LogP contribution in [0.2, 0.25) is 0 Å². The molecule has 0 saturated heterocycles. The molecule has 0 aliphatic rings. The highest BCUT2D eigenvalue weighted by Crippen LogP contribution is 2.28. The van der Waals surface area contributed by atoms with Gasteiger partial charge in [0.1, 0.15) is 12.0 Å². The Morgan fingerprint density at radius 3 is 2.22 bits per heavy atom. The highest BCUT2D eigenvalue weighted by atomic mass is 16.6. The summed E-state index contributed by atoms with van der Waals surface area (Å²) in [6, 6.07) is 13.3. The number of rotatable bonds is 7. The number of nitro groups is 1. The van der Waals surface area contributed by atoms with Crippen molar-refractivity contribution >= 4 is 17.7 Å². The van der Waals surface area contributed by atoms with Gasteiger partial charge in [0.25, 0.3) is 5.69 Å². The molecule has 2 atom stereocenters. The summed E-state index contributed by atoms with van der Waals surface area (Å²) in [5.74, 6) is 0.449. The minimum atomic E-state index is -0.446. The van der Waals surface area contributed by atoms with E-state index >= 15 is 0 Å². The highest BCUT2D eigenvalue weighted by Gasteiger charge is 2.19. The summed E-state index contributed by atoms with van der Waals surface area (Å²) >= 11 is 0. The molecule has 0 aliphatic carbocycles. The van der Waals surface area contributed by atoms with E-state index in [0.717, 1.165) is 23.3 Å². The Balaban J connectivity index is 2.25. The second-order valence-corrected chi connectivity index (χ2v) is 5.19. The van der Waals surface area contributed by atoms with Gasteiger partial charge in [-0.2, -0.15) is 0 Å². The zero-order chi connectivity index (χ0) is 16.8. The lowest BCUT2D eigenvalue weighted by Crippen LogP contribution is -2.19. The first-order chi connectivity index (χ1) is 11.0. The third-order valence-corrected chi connectivity index (χ3v) is 3.62. The van der Waals surface area contributed by atoms with Crippen molar-refractivity contribution in [2.24, 2.45) is 5.92 Å². The zero-order valence-corrected chi connectivity index (χ0v) is 12.9. The van der Waals surface area contributed by atoms with Crippen LogP contribution < -0.4 is 10.1 Å². The van der Waals surface area contributed by atoms with E-state index in [2.05, 4.69) is 5.32 Å². The number of non-ortho nitro benzene ring substituents is 1. The van der Waals surface area contributed by atoms with Crippen molar-refractivity contribution in [3.63, 3.8) is 0 Å². The van der Waals surface area contributed by atoms with Crippen LogP contribution in [-0.2, 0) is 4.79 Å². The fourth-order valence-electron chi connectivity index (χ4n) is 2.27. The average molecular weight is 314 g/mol. The van der Waals surface area contributed by atoms with E-state index in [1.807, 2.05) is 24.3 Å². The number of carbonyl (C=O) groups is 1. The fourth-order valence-corrected chi connectivity index (χ4v) is 2.27. The monoisotopic (exact) mass is 314 g/mol. The number of hydrogen-bond acceptors (Lipinski definition) is 5. The minimum Gasteiger partial charge on any atom is -0.497 e. The molecule has 0 saturated carbocycles. The molecule has 0 fully saturated rings. The smallest absolute Gasteiger partial charge is 0.269 e. The topological polar surface area (TPSA) is 81.5 Å². The van der Waals surface area contributed by atoms with Gasteiger partial charge in [-0.25, -0.2) is 0 Å². The lowest BCUT2D eigenvalue weighted by Gasteiger charge is -2.23. The number of aldehydes is 1. The van der Waals surface area contributed by atoms with E-state index in [4.69, 9.17) is 4.74 Å². The first-order valence-electron chi connectivity index (χ1n) is 7.15. The molecule has 0 unspecified atom stereocenters. The molecule has 0 aromatic heterocycles. The first-order valence-corrected chi connectivity index (χ1v) is 7.15. The maximum atomic E-state index is 11.2. The van der Waals surface area contributed by atoms with Crippen molar-refractivity contribution in [2.45, 2.75) is 13.0 Å². The van der Waals surface area contributed by atoms with Gasteiger partial charge >= 0.3 is 0 Å².